The van der Waals surface area contributed by atoms with Crippen LogP contribution in [0.5, 0.6) is 0 Å². The highest BCUT2D eigenvalue weighted by atomic mass is 32.2. The lowest BCUT2D eigenvalue weighted by Gasteiger charge is -2.18. The lowest BCUT2D eigenvalue weighted by atomic mass is 10.2. The molecule has 29 heavy (non-hydrogen) atoms. The lowest BCUT2D eigenvalue weighted by Crippen LogP contribution is -2.44. The summed E-state index contributed by atoms with van der Waals surface area (Å²) in [5.41, 5.74) is 5.15. The van der Waals surface area contributed by atoms with E-state index in [-0.39, 0.29) is 5.56 Å². The Morgan fingerprint density at radius 1 is 1.00 bits per heavy atom. The molecule has 0 aromatic heterocycles. The van der Waals surface area contributed by atoms with E-state index in [0.29, 0.717) is 25.0 Å². The first-order valence-electron chi connectivity index (χ1n) is 8.62. The number of hydrogen-bond donors (Lipinski definition) is 3. The van der Waals surface area contributed by atoms with Gasteiger partial charge in [0.25, 0.3) is 5.91 Å². The third kappa shape index (κ3) is 4.57. The molecule has 3 rings (SSSR count). The molecule has 1 amide bonds. The Bertz CT molecular complexity index is 1040. The van der Waals surface area contributed by atoms with Crippen molar-refractivity contribution in [1.82, 2.24) is 4.72 Å². The number of rotatable bonds is 5. The molecule has 6 nitrogen and oxygen atoms in total. The molecule has 0 bridgehead atoms. The van der Waals surface area contributed by atoms with Crippen molar-refractivity contribution in [3.63, 3.8) is 0 Å². The van der Waals surface area contributed by atoms with Gasteiger partial charge in [-0.25, -0.2) is 30.7 Å². The van der Waals surface area contributed by atoms with Gasteiger partial charge in [-0.3, -0.25) is 4.79 Å². The number of carbonyl (C=O) groups excluding carboxylic acids is 1. The van der Waals surface area contributed by atoms with Gasteiger partial charge in [-0.2, -0.15) is 0 Å². The summed E-state index contributed by atoms with van der Waals surface area (Å²) in [6.07, 6.45) is 1.86. The molecule has 0 heterocycles. The van der Waals surface area contributed by atoms with Crippen LogP contribution in [0.4, 0.5) is 23.2 Å². The lowest BCUT2D eigenvalue weighted by molar-refractivity contribution is 0.102. The monoisotopic (exact) mass is 431 g/mol. The van der Waals surface area contributed by atoms with Crippen LogP contribution in [-0.2, 0) is 10.0 Å². The summed E-state index contributed by atoms with van der Waals surface area (Å²) in [5.74, 6) is -6.78. The van der Waals surface area contributed by atoms with Crippen LogP contribution < -0.4 is 15.8 Å². The number of benzene rings is 2. The number of anilines is 1. The molecule has 4 N–H and O–H groups in total. The van der Waals surface area contributed by atoms with Crippen molar-refractivity contribution in [2.75, 3.05) is 5.32 Å². The van der Waals surface area contributed by atoms with Gasteiger partial charge in [0.2, 0.25) is 10.0 Å². The second kappa shape index (κ2) is 8.09. The maximum atomic E-state index is 14.2. The minimum atomic E-state index is -4.31. The van der Waals surface area contributed by atoms with E-state index in [1.807, 2.05) is 0 Å². The molecule has 2 aromatic carbocycles. The largest absolute Gasteiger partial charge is 0.326 e. The average Bonchev–Trinajstić information content (AvgIpc) is 3.03. The minimum absolute atomic E-state index is 0.285. The smallest absolute Gasteiger partial charge is 0.255 e. The number of nitrogens with one attached hydrogen (secondary N) is 2. The number of amides is 1. The number of hydrogen-bond acceptors (Lipinski definition) is 4. The third-order valence-corrected chi connectivity index (χ3v) is 6.11. The van der Waals surface area contributed by atoms with E-state index in [0.717, 1.165) is 24.6 Å². The molecule has 2 aromatic rings. The van der Waals surface area contributed by atoms with Crippen molar-refractivity contribution < 1.29 is 30.8 Å². The first kappa shape index (κ1) is 21.2. The van der Waals surface area contributed by atoms with Gasteiger partial charge in [0.15, 0.2) is 17.5 Å². The Labute approximate surface area is 164 Å². The zero-order valence-electron chi connectivity index (χ0n) is 14.9. The quantitative estimate of drug-likeness (QED) is 0.501. The predicted octanol–water partition coefficient (Wildman–Crippen LogP) is 2.65. The Balaban J connectivity index is 1.85. The second-order valence-corrected chi connectivity index (χ2v) is 8.36. The maximum absolute atomic E-state index is 14.2. The van der Waals surface area contributed by atoms with Crippen molar-refractivity contribution in [3.05, 3.63) is 59.2 Å². The maximum Gasteiger partial charge on any atom is 0.255 e. The fourth-order valence-corrected chi connectivity index (χ4v) is 4.50. The highest BCUT2D eigenvalue weighted by molar-refractivity contribution is 7.89. The van der Waals surface area contributed by atoms with Crippen LogP contribution in [0.25, 0.3) is 0 Å². The van der Waals surface area contributed by atoms with E-state index >= 15 is 0 Å². The summed E-state index contributed by atoms with van der Waals surface area (Å²) in [5, 5.41) is 2.10. The molecular formula is C18H17F4N3O3S. The minimum Gasteiger partial charge on any atom is -0.326 e. The molecule has 1 fully saturated rings. The summed E-state index contributed by atoms with van der Waals surface area (Å²) in [6.45, 7) is 0. The van der Waals surface area contributed by atoms with Crippen LogP contribution in [0.15, 0.2) is 35.2 Å². The van der Waals surface area contributed by atoms with Gasteiger partial charge in [0.05, 0.1) is 0 Å². The molecule has 0 aliphatic heterocycles. The number of carbonyl (C=O) groups is 1. The van der Waals surface area contributed by atoms with Crippen LogP contribution in [0.1, 0.15) is 29.6 Å². The van der Waals surface area contributed by atoms with Crippen molar-refractivity contribution in [1.29, 1.82) is 0 Å². The van der Waals surface area contributed by atoms with Gasteiger partial charge in [0, 0.05) is 35.5 Å². The average molecular weight is 431 g/mol. The molecule has 2 atom stereocenters. The number of halogens is 4. The summed E-state index contributed by atoms with van der Waals surface area (Å²) < 4.78 is 81.1. The fourth-order valence-electron chi connectivity index (χ4n) is 3.08. The SMILES string of the molecule is N[C@H]1CCC[C@@H]1NS(=O)(=O)c1cc(C(=O)Nc2cc(F)c(F)c(F)c2)ccc1F. The first-order chi connectivity index (χ1) is 13.6. The topological polar surface area (TPSA) is 101 Å². The van der Waals surface area contributed by atoms with Crippen LogP contribution in [-0.4, -0.2) is 26.4 Å². The van der Waals surface area contributed by atoms with Gasteiger partial charge < -0.3 is 11.1 Å². The molecule has 0 spiro atoms. The summed E-state index contributed by atoms with van der Waals surface area (Å²) in [7, 11) is -4.31. The molecule has 156 valence electrons. The Kier molecular flexibility index (Phi) is 5.92. The van der Waals surface area contributed by atoms with Gasteiger partial charge in [-0.15, -0.1) is 0 Å². The third-order valence-electron chi connectivity index (χ3n) is 4.60. The van der Waals surface area contributed by atoms with E-state index in [1.54, 1.807) is 0 Å². The van der Waals surface area contributed by atoms with E-state index in [9.17, 15) is 30.8 Å². The van der Waals surface area contributed by atoms with Gasteiger partial charge in [-0.1, -0.05) is 6.42 Å². The predicted molar refractivity (Wildman–Crippen MR) is 96.6 cm³/mol. The second-order valence-electron chi connectivity index (χ2n) is 6.68. The van der Waals surface area contributed by atoms with E-state index < -0.39 is 61.9 Å². The molecule has 11 heteroatoms. The van der Waals surface area contributed by atoms with Crippen molar-refractivity contribution in [2.24, 2.45) is 5.73 Å². The molecule has 0 unspecified atom stereocenters. The highest BCUT2D eigenvalue weighted by Crippen LogP contribution is 2.23. The van der Waals surface area contributed by atoms with E-state index in [2.05, 4.69) is 10.0 Å². The molecular weight excluding hydrogens is 414 g/mol. The summed E-state index contributed by atoms with van der Waals surface area (Å²) in [6, 6.07) is 2.74. The van der Waals surface area contributed by atoms with E-state index in [4.69, 9.17) is 5.73 Å². The van der Waals surface area contributed by atoms with Crippen molar-refractivity contribution >= 4 is 21.6 Å². The molecule has 1 aliphatic rings. The Hall–Kier alpha value is -2.50. The zero-order chi connectivity index (χ0) is 21.3. The molecule has 0 saturated heterocycles. The standard InChI is InChI=1S/C18H17F4N3O3S/c19-11-5-4-9(18(26)24-10-7-12(20)17(22)13(21)8-10)6-16(11)29(27,28)25-15-3-1-2-14(15)23/h4-8,14-15,25H,1-3,23H2,(H,24,26)/t14-,15-/m0/s1. The summed E-state index contributed by atoms with van der Waals surface area (Å²) in [4.78, 5) is 11.5. The summed E-state index contributed by atoms with van der Waals surface area (Å²) >= 11 is 0. The number of nitrogens with two attached hydrogens (primary N) is 1. The zero-order valence-corrected chi connectivity index (χ0v) is 15.7. The van der Waals surface area contributed by atoms with Gasteiger partial charge in [-0.05, 0) is 31.0 Å². The highest BCUT2D eigenvalue weighted by Gasteiger charge is 2.30. The van der Waals surface area contributed by atoms with Crippen LogP contribution in [0, 0.1) is 23.3 Å². The number of sulfonamides is 1. The Morgan fingerprint density at radius 2 is 1.66 bits per heavy atom. The first-order valence-corrected chi connectivity index (χ1v) is 10.1. The Morgan fingerprint density at radius 3 is 2.24 bits per heavy atom. The van der Waals surface area contributed by atoms with Gasteiger partial charge >= 0.3 is 0 Å². The van der Waals surface area contributed by atoms with Crippen molar-refractivity contribution in [2.45, 2.75) is 36.2 Å². The molecule has 0 radical (unpaired) electrons. The molecule has 1 saturated carbocycles. The molecule has 1 aliphatic carbocycles. The van der Waals surface area contributed by atoms with Crippen LogP contribution >= 0.6 is 0 Å². The van der Waals surface area contributed by atoms with Crippen molar-refractivity contribution in [3.8, 4) is 0 Å². The normalized spacial score (nSPS) is 19.3. The van der Waals surface area contributed by atoms with Gasteiger partial charge in [0.1, 0.15) is 10.7 Å². The fraction of sp³-hybridized carbons (Fsp3) is 0.278. The van der Waals surface area contributed by atoms with Crippen LogP contribution in [0.2, 0.25) is 0 Å². The van der Waals surface area contributed by atoms with E-state index in [1.165, 1.54) is 0 Å². The van der Waals surface area contributed by atoms with Crippen LogP contribution in [0.3, 0.4) is 0 Å².